The summed E-state index contributed by atoms with van der Waals surface area (Å²) in [6.45, 7) is 6.33. The summed E-state index contributed by atoms with van der Waals surface area (Å²) >= 11 is 0. The topological polar surface area (TPSA) is 82.1 Å². The van der Waals surface area contributed by atoms with Crippen LogP contribution in [0.1, 0.15) is 19.8 Å². The van der Waals surface area contributed by atoms with Crippen LogP contribution in [0.5, 0.6) is 0 Å². The van der Waals surface area contributed by atoms with E-state index in [2.05, 4.69) is 5.32 Å². The molecule has 7 nitrogen and oxygen atoms in total. The lowest BCUT2D eigenvalue weighted by Gasteiger charge is -2.36. The number of aliphatic carboxylic acids is 1. The highest BCUT2D eigenvalue weighted by molar-refractivity contribution is 5.75. The van der Waals surface area contributed by atoms with Gasteiger partial charge in [0.2, 0.25) is 0 Å². The van der Waals surface area contributed by atoms with E-state index >= 15 is 0 Å². The third-order valence-electron chi connectivity index (χ3n) is 4.39. The summed E-state index contributed by atoms with van der Waals surface area (Å²) in [5, 5.41) is 12.0. The molecule has 0 bridgehead atoms. The Balaban J connectivity index is 1.69. The highest BCUT2D eigenvalue weighted by Crippen LogP contribution is 2.13. The largest absolute Gasteiger partial charge is 0.480 e. The lowest BCUT2D eigenvalue weighted by molar-refractivity contribution is -0.143. The van der Waals surface area contributed by atoms with Gasteiger partial charge >= 0.3 is 12.0 Å². The number of ether oxygens (including phenoxy) is 1. The Bertz CT molecular complexity index is 363. The second-order valence-corrected chi connectivity index (χ2v) is 5.78. The van der Waals surface area contributed by atoms with Gasteiger partial charge in [-0.3, -0.25) is 9.69 Å². The number of nitrogens with one attached hydrogen (secondary N) is 1. The van der Waals surface area contributed by atoms with E-state index < -0.39 is 12.0 Å². The van der Waals surface area contributed by atoms with Gasteiger partial charge in [0.1, 0.15) is 6.04 Å². The highest BCUT2D eigenvalue weighted by Gasteiger charge is 2.27. The minimum Gasteiger partial charge on any atom is -0.480 e. The van der Waals surface area contributed by atoms with E-state index in [-0.39, 0.29) is 6.03 Å². The smallest absolute Gasteiger partial charge is 0.320 e. The molecule has 2 aliphatic heterocycles. The van der Waals surface area contributed by atoms with Gasteiger partial charge in [0.25, 0.3) is 0 Å². The SMILES string of the molecule is CC(C(=O)O)N1CCN(C(=O)NCC2CCOCC2)CC1. The number of carboxylic acids is 1. The van der Waals surface area contributed by atoms with Gasteiger partial charge in [-0.2, -0.15) is 0 Å². The summed E-state index contributed by atoms with van der Waals surface area (Å²) in [5.41, 5.74) is 0. The summed E-state index contributed by atoms with van der Waals surface area (Å²) in [4.78, 5) is 26.7. The van der Waals surface area contributed by atoms with Crippen LogP contribution in [0, 0.1) is 5.92 Å². The van der Waals surface area contributed by atoms with Gasteiger partial charge in [0.15, 0.2) is 0 Å². The number of amides is 2. The van der Waals surface area contributed by atoms with E-state index in [1.807, 2.05) is 4.90 Å². The molecule has 7 heteroatoms. The summed E-state index contributed by atoms with van der Waals surface area (Å²) in [6.07, 6.45) is 2.01. The summed E-state index contributed by atoms with van der Waals surface area (Å²) in [6, 6.07) is -0.526. The number of nitrogens with zero attached hydrogens (tertiary/aromatic N) is 2. The van der Waals surface area contributed by atoms with Gasteiger partial charge in [0, 0.05) is 45.9 Å². The van der Waals surface area contributed by atoms with E-state index in [0.29, 0.717) is 38.6 Å². The van der Waals surface area contributed by atoms with Crippen molar-refractivity contribution in [1.29, 1.82) is 0 Å². The molecule has 0 radical (unpaired) electrons. The lowest BCUT2D eigenvalue weighted by atomic mass is 10.0. The van der Waals surface area contributed by atoms with Crippen LogP contribution in [0.15, 0.2) is 0 Å². The molecule has 0 aliphatic carbocycles. The summed E-state index contributed by atoms with van der Waals surface area (Å²) < 4.78 is 5.30. The van der Waals surface area contributed by atoms with Gasteiger partial charge in [0.05, 0.1) is 0 Å². The Morgan fingerprint density at radius 1 is 1.24 bits per heavy atom. The molecular formula is C14H25N3O4. The molecule has 1 atom stereocenters. The first-order valence-corrected chi connectivity index (χ1v) is 7.65. The van der Waals surface area contributed by atoms with Crippen molar-refractivity contribution in [1.82, 2.24) is 15.1 Å². The van der Waals surface area contributed by atoms with Crippen LogP contribution in [0.4, 0.5) is 4.79 Å². The average Bonchev–Trinajstić information content (AvgIpc) is 2.53. The molecule has 2 fully saturated rings. The third kappa shape index (κ3) is 4.57. The van der Waals surface area contributed by atoms with Crippen LogP contribution in [0.2, 0.25) is 0 Å². The second-order valence-electron chi connectivity index (χ2n) is 5.78. The first-order chi connectivity index (χ1) is 10.1. The zero-order valence-electron chi connectivity index (χ0n) is 12.6. The second kappa shape index (κ2) is 7.61. The fraction of sp³-hybridized carbons (Fsp3) is 0.857. The lowest BCUT2D eigenvalue weighted by Crippen LogP contribution is -2.55. The van der Waals surface area contributed by atoms with Crippen molar-refractivity contribution >= 4 is 12.0 Å². The Morgan fingerprint density at radius 3 is 2.43 bits per heavy atom. The van der Waals surface area contributed by atoms with E-state index in [1.165, 1.54) is 0 Å². The molecule has 2 N–H and O–H groups in total. The van der Waals surface area contributed by atoms with E-state index in [1.54, 1.807) is 11.8 Å². The highest BCUT2D eigenvalue weighted by atomic mass is 16.5. The molecular weight excluding hydrogens is 274 g/mol. The third-order valence-corrected chi connectivity index (χ3v) is 4.39. The fourth-order valence-electron chi connectivity index (χ4n) is 2.76. The van der Waals surface area contributed by atoms with Gasteiger partial charge in [-0.15, -0.1) is 0 Å². The Hall–Kier alpha value is -1.34. The standard InChI is InChI=1S/C14H25N3O4/c1-11(13(18)19)16-4-6-17(7-5-16)14(20)15-10-12-2-8-21-9-3-12/h11-12H,2-10H2,1H3,(H,15,20)(H,18,19). The minimum atomic E-state index is -0.813. The van der Waals surface area contributed by atoms with Gasteiger partial charge < -0.3 is 20.1 Å². The quantitative estimate of drug-likeness (QED) is 0.775. The van der Waals surface area contributed by atoms with Crippen LogP contribution in [0.3, 0.4) is 0 Å². The summed E-state index contributed by atoms with van der Waals surface area (Å²) in [7, 11) is 0. The maximum absolute atomic E-state index is 12.1. The fourth-order valence-corrected chi connectivity index (χ4v) is 2.76. The number of carbonyl (C=O) groups excluding carboxylic acids is 1. The van der Waals surface area contributed by atoms with Gasteiger partial charge in [-0.05, 0) is 25.7 Å². The molecule has 2 saturated heterocycles. The minimum absolute atomic E-state index is 0.0379. The van der Waals surface area contributed by atoms with E-state index in [0.717, 1.165) is 26.1 Å². The number of urea groups is 1. The molecule has 0 aromatic rings. The first-order valence-electron chi connectivity index (χ1n) is 7.65. The van der Waals surface area contributed by atoms with Crippen molar-refractivity contribution in [3.05, 3.63) is 0 Å². The Labute approximate surface area is 125 Å². The maximum atomic E-state index is 12.1. The summed E-state index contributed by atoms with van der Waals surface area (Å²) in [5.74, 6) is -0.302. The van der Waals surface area contributed by atoms with E-state index in [4.69, 9.17) is 9.84 Å². The molecule has 2 amide bonds. The van der Waals surface area contributed by atoms with Crippen molar-refractivity contribution in [3.63, 3.8) is 0 Å². The van der Waals surface area contributed by atoms with Crippen molar-refractivity contribution in [3.8, 4) is 0 Å². The predicted octanol–water partition coefficient (Wildman–Crippen LogP) is 0.213. The molecule has 21 heavy (non-hydrogen) atoms. The maximum Gasteiger partial charge on any atom is 0.320 e. The number of rotatable bonds is 4. The van der Waals surface area contributed by atoms with Crippen molar-refractivity contribution in [2.45, 2.75) is 25.8 Å². The number of hydrogen-bond acceptors (Lipinski definition) is 4. The molecule has 0 aromatic carbocycles. The number of carboxylic acid groups (broad SMARTS) is 1. The van der Waals surface area contributed by atoms with Crippen molar-refractivity contribution in [2.75, 3.05) is 45.9 Å². The monoisotopic (exact) mass is 299 g/mol. The zero-order chi connectivity index (χ0) is 15.2. The van der Waals surface area contributed by atoms with Crippen LogP contribution in [-0.4, -0.2) is 78.9 Å². The zero-order valence-corrected chi connectivity index (χ0v) is 12.6. The molecule has 0 saturated carbocycles. The van der Waals surface area contributed by atoms with Crippen molar-refractivity contribution in [2.24, 2.45) is 5.92 Å². The Kier molecular flexibility index (Phi) is 5.81. The van der Waals surface area contributed by atoms with Crippen LogP contribution < -0.4 is 5.32 Å². The molecule has 1 unspecified atom stereocenters. The van der Waals surface area contributed by atoms with Gasteiger partial charge in [-0.1, -0.05) is 0 Å². The predicted molar refractivity (Wildman–Crippen MR) is 77.2 cm³/mol. The van der Waals surface area contributed by atoms with E-state index in [9.17, 15) is 9.59 Å². The number of carbonyl (C=O) groups is 2. The van der Waals surface area contributed by atoms with Crippen LogP contribution in [-0.2, 0) is 9.53 Å². The molecule has 2 rings (SSSR count). The molecule has 2 aliphatic rings. The van der Waals surface area contributed by atoms with Crippen LogP contribution in [0.25, 0.3) is 0 Å². The van der Waals surface area contributed by atoms with Gasteiger partial charge in [-0.25, -0.2) is 4.79 Å². The molecule has 2 heterocycles. The number of hydrogen-bond donors (Lipinski definition) is 2. The van der Waals surface area contributed by atoms with Crippen LogP contribution >= 0.6 is 0 Å². The molecule has 0 spiro atoms. The first kappa shape index (κ1) is 16.0. The normalized spacial score (nSPS) is 22.8. The molecule has 120 valence electrons. The molecule has 0 aromatic heterocycles. The average molecular weight is 299 g/mol. The Morgan fingerprint density at radius 2 is 1.86 bits per heavy atom. The van der Waals surface area contributed by atoms with Crippen molar-refractivity contribution < 1.29 is 19.4 Å². The number of piperazine rings is 1.